The van der Waals surface area contributed by atoms with Crippen molar-refractivity contribution in [1.29, 1.82) is 0 Å². The molecule has 0 saturated carbocycles. The molecular formula is C18H18N4O3. The van der Waals surface area contributed by atoms with E-state index in [9.17, 15) is 4.79 Å². The number of amides is 1. The number of rotatable bonds is 0. The summed E-state index contributed by atoms with van der Waals surface area (Å²) in [5.74, 6) is 0.769. The normalized spacial score (nSPS) is 18.0. The summed E-state index contributed by atoms with van der Waals surface area (Å²) in [4.78, 5) is 16.2. The van der Waals surface area contributed by atoms with Gasteiger partial charge in [0.15, 0.2) is 0 Å². The van der Waals surface area contributed by atoms with Crippen LogP contribution in [0, 0.1) is 0 Å². The van der Waals surface area contributed by atoms with Gasteiger partial charge in [-0.25, -0.2) is 4.79 Å². The lowest BCUT2D eigenvalue weighted by molar-refractivity contribution is 0.106. The lowest BCUT2D eigenvalue weighted by Crippen LogP contribution is -2.27. The van der Waals surface area contributed by atoms with Gasteiger partial charge in [0.1, 0.15) is 17.5 Å². The Bertz CT molecular complexity index is 922. The molecule has 1 aromatic carbocycles. The van der Waals surface area contributed by atoms with Gasteiger partial charge >= 0.3 is 6.09 Å². The predicted molar refractivity (Wildman–Crippen MR) is 92.3 cm³/mol. The lowest BCUT2D eigenvalue weighted by atomic mass is 10.1. The highest BCUT2D eigenvalue weighted by Gasteiger charge is 2.15. The van der Waals surface area contributed by atoms with Crippen LogP contribution >= 0.6 is 0 Å². The number of aromatic amines is 1. The third-order valence-electron chi connectivity index (χ3n) is 4.18. The van der Waals surface area contributed by atoms with Gasteiger partial charge in [-0.1, -0.05) is 0 Å². The van der Waals surface area contributed by atoms with Crippen molar-refractivity contribution in [2.75, 3.05) is 13.2 Å². The fourth-order valence-corrected chi connectivity index (χ4v) is 2.84. The maximum absolute atomic E-state index is 11.9. The van der Waals surface area contributed by atoms with Crippen molar-refractivity contribution in [3.63, 3.8) is 0 Å². The topological polar surface area (TPSA) is 89.1 Å². The number of H-pyrrole nitrogens is 1. The maximum Gasteiger partial charge on any atom is 0.407 e. The van der Waals surface area contributed by atoms with Crippen LogP contribution in [0.25, 0.3) is 22.2 Å². The molecule has 7 heteroatoms. The maximum atomic E-state index is 11.9. The SMILES string of the molecule is CC1OC(=O)NCCCOc2ccc3[nH]nc(c3c2)-c2cncc1c2. The minimum Gasteiger partial charge on any atom is -0.494 e. The average Bonchev–Trinajstić information content (AvgIpc) is 3.04. The number of nitrogens with one attached hydrogen (secondary N) is 2. The van der Waals surface area contributed by atoms with Gasteiger partial charge in [0, 0.05) is 35.5 Å². The van der Waals surface area contributed by atoms with Crippen molar-refractivity contribution in [3.8, 4) is 17.0 Å². The Morgan fingerprint density at radius 2 is 2.16 bits per heavy atom. The van der Waals surface area contributed by atoms with Crippen LogP contribution in [-0.4, -0.2) is 34.4 Å². The molecule has 2 aromatic heterocycles. The van der Waals surface area contributed by atoms with Crippen LogP contribution in [0.3, 0.4) is 0 Å². The van der Waals surface area contributed by atoms with Gasteiger partial charge in [0.25, 0.3) is 0 Å². The molecule has 4 bridgehead atoms. The highest BCUT2D eigenvalue weighted by molar-refractivity contribution is 5.93. The van der Waals surface area contributed by atoms with Crippen LogP contribution in [0.1, 0.15) is 25.0 Å². The Hall–Kier alpha value is -3.09. The fraction of sp³-hybridized carbons (Fsp3) is 0.278. The molecule has 2 N–H and O–H groups in total. The third-order valence-corrected chi connectivity index (χ3v) is 4.18. The number of nitrogens with zero attached hydrogens (tertiary/aromatic N) is 2. The summed E-state index contributed by atoms with van der Waals surface area (Å²) in [6.45, 7) is 2.81. The zero-order valence-corrected chi connectivity index (χ0v) is 13.8. The number of fused-ring (bicyclic) bond motifs is 4. The van der Waals surface area contributed by atoms with Crippen molar-refractivity contribution in [3.05, 3.63) is 42.2 Å². The van der Waals surface area contributed by atoms with Gasteiger partial charge in [0.05, 0.1) is 12.1 Å². The molecule has 128 valence electrons. The summed E-state index contributed by atoms with van der Waals surface area (Å²) in [6, 6.07) is 7.76. The molecule has 1 unspecified atom stereocenters. The second kappa shape index (κ2) is 6.43. The Morgan fingerprint density at radius 3 is 3.08 bits per heavy atom. The van der Waals surface area contributed by atoms with Crippen molar-refractivity contribution in [2.24, 2.45) is 0 Å². The molecule has 4 rings (SSSR count). The molecule has 3 aromatic rings. The molecule has 1 aliphatic rings. The van der Waals surface area contributed by atoms with E-state index in [1.807, 2.05) is 31.2 Å². The molecule has 0 fully saturated rings. The molecule has 0 saturated heterocycles. The van der Waals surface area contributed by atoms with E-state index < -0.39 is 12.2 Å². The first-order chi connectivity index (χ1) is 12.2. The van der Waals surface area contributed by atoms with E-state index in [0.29, 0.717) is 19.6 Å². The number of cyclic esters (lactones) is 1. The van der Waals surface area contributed by atoms with Gasteiger partial charge in [0.2, 0.25) is 0 Å². The predicted octanol–water partition coefficient (Wildman–Crippen LogP) is 3.19. The fourth-order valence-electron chi connectivity index (χ4n) is 2.84. The summed E-state index contributed by atoms with van der Waals surface area (Å²) in [7, 11) is 0. The number of hydrogen-bond acceptors (Lipinski definition) is 5. The van der Waals surface area contributed by atoms with Crippen LogP contribution in [0.15, 0.2) is 36.7 Å². The van der Waals surface area contributed by atoms with Crippen molar-refractivity contribution in [1.82, 2.24) is 20.5 Å². The number of carbonyl (C=O) groups excluding carboxylic acids is 1. The quantitative estimate of drug-likeness (QED) is 0.657. The van der Waals surface area contributed by atoms with E-state index in [1.54, 1.807) is 12.4 Å². The van der Waals surface area contributed by atoms with E-state index in [0.717, 1.165) is 33.5 Å². The number of pyridine rings is 1. The Balaban J connectivity index is 1.81. The van der Waals surface area contributed by atoms with E-state index in [-0.39, 0.29) is 0 Å². The number of hydrogen-bond donors (Lipinski definition) is 2. The standard InChI is InChI=1S/C18H18N4O3/c1-11-12-7-13(10-19-9-12)17-15-8-14(3-4-16(15)21-22-17)24-6-2-5-20-18(23)25-11/h3-4,7-11H,2,5-6H2,1H3,(H,20,23)(H,21,22). The van der Waals surface area contributed by atoms with Gasteiger partial charge in [-0.05, 0) is 37.6 Å². The highest BCUT2D eigenvalue weighted by atomic mass is 16.6. The first-order valence-corrected chi connectivity index (χ1v) is 8.21. The number of alkyl carbamates (subject to hydrolysis) is 1. The minimum atomic E-state index is -0.449. The molecule has 7 nitrogen and oxygen atoms in total. The van der Waals surface area contributed by atoms with Gasteiger partial charge in [-0.2, -0.15) is 5.10 Å². The minimum absolute atomic E-state index is 0.408. The van der Waals surface area contributed by atoms with E-state index in [1.165, 1.54) is 0 Å². The van der Waals surface area contributed by atoms with Crippen LogP contribution in [0.4, 0.5) is 4.79 Å². The average molecular weight is 338 g/mol. The zero-order valence-electron chi connectivity index (χ0n) is 13.8. The van der Waals surface area contributed by atoms with Crippen LogP contribution in [-0.2, 0) is 4.74 Å². The van der Waals surface area contributed by atoms with E-state index in [2.05, 4.69) is 20.5 Å². The van der Waals surface area contributed by atoms with E-state index in [4.69, 9.17) is 9.47 Å². The Labute approximate surface area is 144 Å². The second-order valence-electron chi connectivity index (χ2n) is 5.96. The van der Waals surface area contributed by atoms with E-state index >= 15 is 0 Å². The molecule has 0 aliphatic carbocycles. The molecular weight excluding hydrogens is 320 g/mol. The molecule has 1 atom stereocenters. The van der Waals surface area contributed by atoms with Gasteiger partial charge in [-0.15, -0.1) is 0 Å². The van der Waals surface area contributed by atoms with Crippen molar-refractivity contribution >= 4 is 17.0 Å². The molecule has 0 radical (unpaired) electrons. The summed E-state index contributed by atoms with van der Waals surface area (Å²) >= 11 is 0. The van der Waals surface area contributed by atoms with Crippen LogP contribution < -0.4 is 10.1 Å². The molecule has 1 aliphatic heterocycles. The monoisotopic (exact) mass is 338 g/mol. The number of aromatic nitrogens is 3. The van der Waals surface area contributed by atoms with Gasteiger partial charge < -0.3 is 14.8 Å². The molecule has 3 heterocycles. The summed E-state index contributed by atoms with van der Waals surface area (Å²) in [5, 5.41) is 11.2. The zero-order chi connectivity index (χ0) is 17.2. The summed E-state index contributed by atoms with van der Waals surface area (Å²) < 4.78 is 11.2. The molecule has 25 heavy (non-hydrogen) atoms. The lowest BCUT2D eigenvalue weighted by Gasteiger charge is -2.14. The first-order valence-electron chi connectivity index (χ1n) is 8.21. The summed E-state index contributed by atoms with van der Waals surface area (Å²) in [6.07, 6.45) is 3.28. The molecule has 0 spiro atoms. The largest absolute Gasteiger partial charge is 0.494 e. The van der Waals surface area contributed by atoms with Crippen molar-refractivity contribution in [2.45, 2.75) is 19.4 Å². The first kappa shape index (κ1) is 15.4. The number of ether oxygens (including phenoxy) is 2. The summed E-state index contributed by atoms with van der Waals surface area (Å²) in [5.41, 5.74) is 3.39. The number of benzene rings is 1. The van der Waals surface area contributed by atoms with Crippen LogP contribution in [0.5, 0.6) is 5.75 Å². The van der Waals surface area contributed by atoms with Crippen LogP contribution in [0.2, 0.25) is 0 Å². The second-order valence-corrected chi connectivity index (χ2v) is 5.96. The third kappa shape index (κ3) is 3.13. The number of carbonyl (C=O) groups is 1. The Morgan fingerprint density at radius 1 is 1.24 bits per heavy atom. The Kier molecular flexibility index (Phi) is 3.97. The van der Waals surface area contributed by atoms with Crippen molar-refractivity contribution < 1.29 is 14.3 Å². The highest BCUT2D eigenvalue weighted by Crippen LogP contribution is 2.30. The molecule has 1 amide bonds. The smallest absolute Gasteiger partial charge is 0.407 e. The van der Waals surface area contributed by atoms with Gasteiger partial charge in [-0.3, -0.25) is 10.1 Å².